The lowest BCUT2D eigenvalue weighted by atomic mass is 9.70. The second-order valence-electron chi connectivity index (χ2n) is 13.1. The second-order valence-corrected chi connectivity index (χ2v) is 18.9. The van der Waals surface area contributed by atoms with Crippen LogP contribution in [0.15, 0.2) is 106 Å². The number of carbonyl (C=O) groups is 2. The highest BCUT2D eigenvalue weighted by Crippen LogP contribution is 2.86. The van der Waals surface area contributed by atoms with Crippen LogP contribution in [0.3, 0.4) is 0 Å². The van der Waals surface area contributed by atoms with Gasteiger partial charge in [0.25, 0.3) is 10.1 Å². The number of fused-ring (bicyclic) bond motifs is 2. The summed E-state index contributed by atoms with van der Waals surface area (Å²) in [5.41, 5.74) is -1.78. The Kier molecular flexibility index (Phi) is 8.81. The Labute approximate surface area is 256 Å². The standard InChI is InChI=1S/C24H28O3S.C10H16O4S/c1-24(2,3)27-23(25)28(26-4,20-14-8-5-9-15-20,21-16-10-6-11-17-21)22-18-12-7-13-19-22;1-9(2)7-3-4-10(9,8(11)5-7)6-15(12,13)14/h5-19,28H,1-4H3;7H,3-6H2,1-2H3,(H,12,13,14). The van der Waals surface area contributed by atoms with Crippen LogP contribution in [0.25, 0.3) is 0 Å². The van der Waals surface area contributed by atoms with E-state index in [4.69, 9.17) is 13.5 Å². The van der Waals surface area contributed by atoms with Gasteiger partial charge in [-0.2, -0.15) is 8.42 Å². The molecule has 7 nitrogen and oxygen atoms in total. The van der Waals surface area contributed by atoms with Crippen molar-refractivity contribution in [1.29, 1.82) is 0 Å². The van der Waals surface area contributed by atoms with Gasteiger partial charge in [-0.1, -0.05) is 77.9 Å². The molecule has 2 fully saturated rings. The topological polar surface area (TPSA) is 107 Å². The molecule has 234 valence electrons. The molecule has 1 N–H and O–H groups in total. The first-order valence-electron chi connectivity index (χ1n) is 14.5. The summed E-state index contributed by atoms with van der Waals surface area (Å²) in [6.07, 6.45) is 1.97. The van der Waals surface area contributed by atoms with Gasteiger partial charge in [0.15, 0.2) is 0 Å². The maximum Gasteiger partial charge on any atom is 0.365 e. The van der Waals surface area contributed by atoms with Crippen molar-refractivity contribution in [3.63, 3.8) is 0 Å². The molecule has 2 saturated carbocycles. The van der Waals surface area contributed by atoms with Gasteiger partial charge >= 0.3 is 5.30 Å². The maximum atomic E-state index is 14.1. The Morgan fingerprint density at radius 2 is 1.30 bits per heavy atom. The predicted molar refractivity (Wildman–Crippen MR) is 171 cm³/mol. The van der Waals surface area contributed by atoms with E-state index in [1.165, 1.54) is 0 Å². The fourth-order valence-electron chi connectivity index (χ4n) is 7.06. The van der Waals surface area contributed by atoms with Gasteiger partial charge < -0.3 is 8.92 Å². The van der Waals surface area contributed by atoms with Gasteiger partial charge in [-0.15, -0.1) is 0 Å². The normalized spacial score (nSPS) is 22.2. The molecule has 0 heterocycles. The molecule has 0 saturated heterocycles. The highest BCUT2D eigenvalue weighted by Gasteiger charge is 2.65. The van der Waals surface area contributed by atoms with Crippen LogP contribution in [0.5, 0.6) is 0 Å². The number of carbonyl (C=O) groups excluding carboxylic acids is 2. The van der Waals surface area contributed by atoms with Crippen LogP contribution in [-0.4, -0.2) is 42.5 Å². The number of hydrogen-bond acceptors (Lipinski definition) is 6. The summed E-state index contributed by atoms with van der Waals surface area (Å²) < 4.78 is 43.5. The van der Waals surface area contributed by atoms with Crippen molar-refractivity contribution in [1.82, 2.24) is 0 Å². The van der Waals surface area contributed by atoms with E-state index in [0.717, 1.165) is 21.1 Å². The zero-order chi connectivity index (χ0) is 31.8. The lowest BCUT2D eigenvalue weighted by Crippen LogP contribution is -2.42. The van der Waals surface area contributed by atoms with Crippen LogP contribution in [0.1, 0.15) is 53.9 Å². The van der Waals surface area contributed by atoms with E-state index in [1.807, 2.05) is 126 Å². The second kappa shape index (κ2) is 11.5. The van der Waals surface area contributed by atoms with E-state index in [-0.39, 0.29) is 22.4 Å². The molecular formula is C34H44O7S2. The van der Waals surface area contributed by atoms with Crippen LogP contribution in [-0.2, 0) is 23.8 Å². The summed E-state index contributed by atoms with van der Waals surface area (Å²) in [7, 11) is -6.50. The van der Waals surface area contributed by atoms with Crippen molar-refractivity contribution in [3.8, 4) is 0 Å². The predicted octanol–water partition coefficient (Wildman–Crippen LogP) is 8.00. The number of ether oxygens (including phenoxy) is 1. The molecule has 5 rings (SSSR count). The van der Waals surface area contributed by atoms with Crippen LogP contribution in [0, 0.1) is 16.7 Å². The summed E-state index contributed by atoms with van der Waals surface area (Å²) in [5, 5.41) is -0.343. The van der Waals surface area contributed by atoms with Gasteiger partial charge in [0.1, 0.15) is 11.4 Å². The molecule has 0 aliphatic heterocycles. The molecule has 0 amide bonds. The fraction of sp³-hybridized carbons (Fsp3) is 0.412. The minimum Gasteiger partial charge on any atom is -0.452 e. The zero-order valence-electron chi connectivity index (χ0n) is 25.8. The van der Waals surface area contributed by atoms with Gasteiger partial charge in [-0.3, -0.25) is 9.35 Å². The lowest BCUT2D eigenvalue weighted by Gasteiger charge is -2.59. The third-order valence-electron chi connectivity index (χ3n) is 9.42. The van der Waals surface area contributed by atoms with Crippen molar-refractivity contribution in [2.45, 2.75) is 74.2 Å². The number of ketones is 1. The number of hydrogen-bond donors (Lipinski definition) is 2. The quantitative estimate of drug-likeness (QED) is 0.162. The minimum absolute atomic E-state index is 0.0152. The molecule has 3 aromatic carbocycles. The van der Waals surface area contributed by atoms with E-state index < -0.39 is 36.3 Å². The van der Waals surface area contributed by atoms with Gasteiger partial charge in [-0.25, -0.2) is 4.79 Å². The Hall–Kier alpha value is -2.98. The van der Waals surface area contributed by atoms with Crippen molar-refractivity contribution >= 4 is 30.6 Å². The molecule has 2 aliphatic carbocycles. The summed E-state index contributed by atoms with van der Waals surface area (Å²) in [5.74, 6) is -0.101. The van der Waals surface area contributed by atoms with E-state index in [1.54, 1.807) is 7.11 Å². The smallest absolute Gasteiger partial charge is 0.365 e. The first-order valence-corrected chi connectivity index (χ1v) is 18.3. The summed E-state index contributed by atoms with van der Waals surface area (Å²) in [6.45, 7) is 9.54. The highest BCUT2D eigenvalue weighted by molar-refractivity contribution is 8.56. The first-order chi connectivity index (χ1) is 20.0. The molecular weight excluding hydrogens is 585 g/mol. The Balaban J connectivity index is 0.000000237. The van der Waals surface area contributed by atoms with Crippen LogP contribution in [0.4, 0.5) is 4.79 Å². The van der Waals surface area contributed by atoms with E-state index in [9.17, 15) is 18.0 Å². The Bertz CT molecular complexity index is 1460. The molecule has 2 aliphatic rings. The third kappa shape index (κ3) is 5.45. The van der Waals surface area contributed by atoms with Crippen molar-refractivity contribution in [2.24, 2.45) is 16.7 Å². The van der Waals surface area contributed by atoms with E-state index in [2.05, 4.69) is 0 Å². The maximum absolute atomic E-state index is 14.1. The zero-order valence-corrected chi connectivity index (χ0v) is 27.5. The van der Waals surface area contributed by atoms with Crippen LogP contribution in [0.2, 0.25) is 0 Å². The first kappa shape index (κ1) is 32.9. The molecule has 0 spiro atoms. The van der Waals surface area contributed by atoms with Gasteiger partial charge in [0.05, 0.1) is 11.2 Å². The molecule has 43 heavy (non-hydrogen) atoms. The summed E-state index contributed by atoms with van der Waals surface area (Å²) >= 11 is 0. The summed E-state index contributed by atoms with van der Waals surface area (Å²) in [6, 6.07) is 29.2. The molecule has 0 aromatic heterocycles. The average molecular weight is 629 g/mol. The van der Waals surface area contributed by atoms with Crippen molar-refractivity contribution < 1.29 is 31.5 Å². The van der Waals surface area contributed by atoms with E-state index in [0.29, 0.717) is 12.8 Å². The molecule has 2 unspecified atom stereocenters. The molecule has 9 heteroatoms. The highest BCUT2D eigenvalue weighted by atomic mass is 32.3. The molecule has 0 radical (unpaired) electrons. The fourth-order valence-corrected chi connectivity index (χ4v) is 13.3. The van der Waals surface area contributed by atoms with E-state index >= 15 is 0 Å². The van der Waals surface area contributed by atoms with Gasteiger partial charge in [0, 0.05) is 28.2 Å². The Morgan fingerprint density at radius 1 is 0.884 bits per heavy atom. The number of thiol groups is 1. The number of rotatable bonds is 6. The molecule has 2 atom stereocenters. The van der Waals surface area contributed by atoms with Gasteiger partial charge in [-0.05, 0) is 81.3 Å². The van der Waals surface area contributed by atoms with Crippen LogP contribution < -0.4 is 0 Å². The monoisotopic (exact) mass is 628 g/mol. The number of benzene rings is 3. The van der Waals surface area contributed by atoms with Crippen molar-refractivity contribution in [2.75, 3.05) is 12.9 Å². The average Bonchev–Trinajstić information content (AvgIpc) is 3.29. The van der Waals surface area contributed by atoms with Gasteiger partial charge in [0.2, 0.25) is 0 Å². The SMILES string of the molecule is CC1(C)C2CCC1(CS(=O)(=O)O)C(=O)C2.CO[SH](C(=O)OC(C)(C)C)(c1ccccc1)(c1ccccc1)c1ccccc1. The largest absolute Gasteiger partial charge is 0.452 e. The summed E-state index contributed by atoms with van der Waals surface area (Å²) in [4.78, 5) is 28.5. The number of Topliss-reactive ketones (excluding diaryl/α,β-unsaturated/α-hetero) is 1. The lowest BCUT2D eigenvalue weighted by molar-refractivity contribution is -0.128. The third-order valence-corrected chi connectivity index (χ3v) is 15.6. The van der Waals surface area contributed by atoms with Crippen molar-refractivity contribution in [3.05, 3.63) is 91.0 Å². The minimum atomic E-state index is -4.08. The van der Waals surface area contributed by atoms with Crippen LogP contribution >= 0.6 is 9.44 Å². The molecule has 2 bridgehead atoms. The molecule has 3 aromatic rings. The Morgan fingerprint density at radius 3 is 1.58 bits per heavy atom.